The van der Waals surface area contributed by atoms with Crippen LogP contribution in [0.25, 0.3) is 0 Å². The highest BCUT2D eigenvalue weighted by molar-refractivity contribution is 5.90. The lowest BCUT2D eigenvalue weighted by Crippen LogP contribution is -2.57. The second kappa shape index (κ2) is 13.2. The molecule has 0 radical (unpaired) electrons. The van der Waals surface area contributed by atoms with Gasteiger partial charge in [-0.3, -0.25) is 19.7 Å². The van der Waals surface area contributed by atoms with Crippen molar-refractivity contribution in [3.63, 3.8) is 0 Å². The van der Waals surface area contributed by atoms with Crippen LogP contribution in [0.1, 0.15) is 53.0 Å². The number of carbonyl (C=O) groups excluding carboxylic acids is 3. The Labute approximate surface area is 192 Å². The van der Waals surface area contributed by atoms with Gasteiger partial charge in [-0.15, -0.1) is 0 Å². The Kier molecular flexibility index (Phi) is 11.4. The number of benzene rings is 1. The molecule has 0 aliphatic carbocycles. The summed E-state index contributed by atoms with van der Waals surface area (Å²) in [5, 5.41) is 8.61. The summed E-state index contributed by atoms with van der Waals surface area (Å²) in [7, 11) is 1.54. The average molecular weight is 449 g/mol. The summed E-state index contributed by atoms with van der Waals surface area (Å²) in [5.74, 6) is -0.885. The van der Waals surface area contributed by atoms with Crippen molar-refractivity contribution in [3.8, 4) is 0 Å². The number of hydrogen-bond acceptors (Lipinski definition) is 6. The average Bonchev–Trinajstić information content (AvgIpc) is 2.70. The van der Waals surface area contributed by atoms with Gasteiger partial charge in [-0.25, -0.2) is 0 Å². The minimum absolute atomic E-state index is 0.183. The molecule has 8 heteroatoms. The van der Waals surface area contributed by atoms with Crippen molar-refractivity contribution in [2.45, 2.75) is 77.6 Å². The van der Waals surface area contributed by atoms with Crippen LogP contribution in [0.15, 0.2) is 30.3 Å². The molecule has 1 aromatic carbocycles. The molecule has 180 valence electrons. The molecule has 1 aromatic rings. The van der Waals surface area contributed by atoms with Crippen LogP contribution in [0.2, 0.25) is 0 Å². The Hall–Kier alpha value is -2.45. The van der Waals surface area contributed by atoms with E-state index in [1.165, 1.54) is 7.05 Å². The molecule has 0 fully saturated rings. The van der Waals surface area contributed by atoms with Crippen molar-refractivity contribution in [1.82, 2.24) is 16.0 Å². The van der Waals surface area contributed by atoms with Crippen LogP contribution in [-0.2, 0) is 25.5 Å². The van der Waals surface area contributed by atoms with Crippen LogP contribution in [0.5, 0.6) is 0 Å². The van der Waals surface area contributed by atoms with E-state index in [1.807, 2.05) is 44.2 Å². The van der Waals surface area contributed by atoms with Crippen LogP contribution in [0, 0.1) is 5.92 Å². The van der Waals surface area contributed by atoms with E-state index in [-0.39, 0.29) is 24.3 Å². The van der Waals surface area contributed by atoms with Gasteiger partial charge in [0.05, 0.1) is 6.04 Å². The van der Waals surface area contributed by atoms with Gasteiger partial charge in [-0.2, -0.15) is 0 Å². The highest BCUT2D eigenvalue weighted by Gasteiger charge is 2.31. The fraction of sp³-hybridized carbons (Fsp3) is 0.625. The maximum atomic E-state index is 13.2. The number of esters is 1. The van der Waals surface area contributed by atoms with Crippen molar-refractivity contribution >= 4 is 17.8 Å². The van der Waals surface area contributed by atoms with Crippen LogP contribution in [0.3, 0.4) is 0 Å². The second-order valence-corrected chi connectivity index (χ2v) is 9.38. The zero-order chi connectivity index (χ0) is 24.3. The maximum absolute atomic E-state index is 13.2. The van der Waals surface area contributed by atoms with E-state index in [2.05, 4.69) is 16.0 Å². The molecule has 0 saturated heterocycles. The van der Waals surface area contributed by atoms with E-state index in [1.54, 1.807) is 20.8 Å². The molecular formula is C24H40N4O4. The molecule has 0 spiro atoms. The Morgan fingerprint density at radius 1 is 1.00 bits per heavy atom. The van der Waals surface area contributed by atoms with Crippen molar-refractivity contribution in [3.05, 3.63) is 35.9 Å². The van der Waals surface area contributed by atoms with Gasteiger partial charge in [-0.1, -0.05) is 44.2 Å². The van der Waals surface area contributed by atoms with Gasteiger partial charge < -0.3 is 21.1 Å². The Morgan fingerprint density at radius 2 is 1.62 bits per heavy atom. The molecule has 0 aliphatic heterocycles. The standard InChI is InChI=1S/C24H40N4O4/c1-16(2)14-19(27-18(12-13-25)23(31)32-24(3,4)5)22(30)28-20(21(29)26-6)15-17-10-8-7-9-11-17/h7-11,16,18-20,27H,12-15,25H2,1-6H3,(H,26,29)(H,28,30)/t18?,19-,20-/m0/s1. The zero-order valence-corrected chi connectivity index (χ0v) is 20.2. The Bertz CT molecular complexity index is 731. The maximum Gasteiger partial charge on any atom is 0.323 e. The summed E-state index contributed by atoms with van der Waals surface area (Å²) in [6.45, 7) is 9.63. The fourth-order valence-corrected chi connectivity index (χ4v) is 3.28. The van der Waals surface area contributed by atoms with Crippen molar-refractivity contribution in [2.75, 3.05) is 13.6 Å². The van der Waals surface area contributed by atoms with Crippen LogP contribution in [0.4, 0.5) is 0 Å². The monoisotopic (exact) mass is 448 g/mol. The summed E-state index contributed by atoms with van der Waals surface area (Å²) in [4.78, 5) is 38.3. The first kappa shape index (κ1) is 27.6. The van der Waals surface area contributed by atoms with Crippen LogP contribution >= 0.6 is 0 Å². The number of carbonyl (C=O) groups is 3. The molecule has 8 nitrogen and oxygen atoms in total. The predicted octanol–water partition coefficient (Wildman–Crippen LogP) is 1.52. The van der Waals surface area contributed by atoms with Crippen molar-refractivity contribution in [2.24, 2.45) is 11.7 Å². The quantitative estimate of drug-likeness (QED) is 0.360. The highest BCUT2D eigenvalue weighted by Crippen LogP contribution is 2.13. The number of rotatable bonds is 12. The van der Waals surface area contributed by atoms with Crippen molar-refractivity contribution < 1.29 is 19.1 Å². The number of likely N-dealkylation sites (N-methyl/N-ethyl adjacent to an activating group) is 1. The van der Waals surface area contributed by atoms with E-state index in [4.69, 9.17) is 10.5 Å². The molecule has 32 heavy (non-hydrogen) atoms. The van der Waals surface area contributed by atoms with Gasteiger partial charge in [0.25, 0.3) is 0 Å². The molecule has 0 heterocycles. The van der Waals surface area contributed by atoms with Gasteiger partial charge in [0.1, 0.15) is 17.7 Å². The normalized spacial score (nSPS) is 14.4. The van der Waals surface area contributed by atoms with Gasteiger partial charge in [0, 0.05) is 13.5 Å². The zero-order valence-electron chi connectivity index (χ0n) is 20.2. The Balaban J connectivity index is 3.02. The number of amides is 2. The van der Waals surface area contributed by atoms with Gasteiger partial charge in [0.15, 0.2) is 0 Å². The van der Waals surface area contributed by atoms with Gasteiger partial charge in [-0.05, 0) is 51.6 Å². The van der Waals surface area contributed by atoms with E-state index in [0.717, 1.165) is 5.56 Å². The molecule has 0 bridgehead atoms. The minimum atomic E-state index is -0.735. The lowest BCUT2D eigenvalue weighted by Gasteiger charge is -2.29. The third-order valence-corrected chi connectivity index (χ3v) is 4.73. The van der Waals surface area contributed by atoms with E-state index >= 15 is 0 Å². The highest BCUT2D eigenvalue weighted by atomic mass is 16.6. The summed E-state index contributed by atoms with van der Waals surface area (Å²) in [5.41, 5.74) is 5.99. The summed E-state index contributed by atoms with van der Waals surface area (Å²) < 4.78 is 5.50. The first-order valence-electron chi connectivity index (χ1n) is 11.2. The molecule has 2 amide bonds. The smallest absolute Gasteiger partial charge is 0.323 e. The first-order chi connectivity index (χ1) is 15.0. The minimum Gasteiger partial charge on any atom is -0.459 e. The summed E-state index contributed by atoms with van der Waals surface area (Å²) >= 11 is 0. The summed E-state index contributed by atoms with van der Waals surface area (Å²) in [6.07, 6.45) is 1.18. The number of nitrogens with two attached hydrogens (primary N) is 1. The third kappa shape index (κ3) is 10.2. The molecular weight excluding hydrogens is 408 g/mol. The van der Waals surface area contributed by atoms with E-state index in [9.17, 15) is 14.4 Å². The second-order valence-electron chi connectivity index (χ2n) is 9.38. The first-order valence-corrected chi connectivity index (χ1v) is 11.2. The summed E-state index contributed by atoms with van der Waals surface area (Å²) in [6, 6.07) is 7.36. The molecule has 0 aliphatic rings. The van der Waals surface area contributed by atoms with Gasteiger partial charge >= 0.3 is 5.97 Å². The third-order valence-electron chi connectivity index (χ3n) is 4.73. The van der Waals surface area contributed by atoms with Crippen LogP contribution < -0.4 is 21.7 Å². The Morgan fingerprint density at radius 3 is 2.12 bits per heavy atom. The van der Waals surface area contributed by atoms with Gasteiger partial charge in [0.2, 0.25) is 11.8 Å². The lowest BCUT2D eigenvalue weighted by molar-refractivity contribution is -0.158. The molecule has 1 rings (SSSR count). The number of nitrogens with one attached hydrogen (secondary N) is 3. The number of ether oxygens (including phenoxy) is 1. The largest absolute Gasteiger partial charge is 0.459 e. The molecule has 0 aromatic heterocycles. The molecule has 3 atom stereocenters. The SMILES string of the molecule is CNC(=O)[C@H](Cc1ccccc1)NC(=O)[C@H](CC(C)C)NC(CCN)C(=O)OC(C)(C)C. The lowest BCUT2D eigenvalue weighted by atomic mass is 9.99. The topological polar surface area (TPSA) is 123 Å². The van der Waals surface area contributed by atoms with Crippen molar-refractivity contribution in [1.29, 1.82) is 0 Å². The van der Waals surface area contributed by atoms with E-state index in [0.29, 0.717) is 19.3 Å². The molecule has 5 N–H and O–H groups in total. The predicted molar refractivity (Wildman–Crippen MR) is 126 cm³/mol. The number of hydrogen-bond donors (Lipinski definition) is 4. The molecule has 1 unspecified atom stereocenters. The van der Waals surface area contributed by atoms with Crippen LogP contribution in [-0.4, -0.2) is 55.1 Å². The molecule has 0 saturated carbocycles. The van der Waals surface area contributed by atoms with E-state index < -0.39 is 29.7 Å². The fourth-order valence-electron chi connectivity index (χ4n) is 3.28.